The molecular weight excluding hydrogens is 484 g/mol. The van der Waals surface area contributed by atoms with Gasteiger partial charge in [0.1, 0.15) is 11.1 Å². The van der Waals surface area contributed by atoms with E-state index in [0.717, 1.165) is 0 Å². The fourth-order valence-corrected chi connectivity index (χ4v) is 3.61. The lowest BCUT2D eigenvalue weighted by molar-refractivity contribution is -0.384. The monoisotopic (exact) mass is 490 g/mol. The first kappa shape index (κ1) is 17.6. The summed E-state index contributed by atoms with van der Waals surface area (Å²) in [6.45, 7) is 0. The molecule has 4 rings (SSSR count). The third kappa shape index (κ3) is 3.06. The summed E-state index contributed by atoms with van der Waals surface area (Å²) < 4.78 is 8.05. The van der Waals surface area contributed by atoms with Gasteiger partial charge in [0, 0.05) is 27.4 Å². The summed E-state index contributed by atoms with van der Waals surface area (Å²) in [6.07, 6.45) is 3.04. The molecule has 27 heavy (non-hydrogen) atoms. The van der Waals surface area contributed by atoms with Crippen LogP contribution >= 0.6 is 31.9 Å². The Labute approximate surface area is 167 Å². The van der Waals surface area contributed by atoms with Crippen molar-refractivity contribution in [1.82, 2.24) is 14.5 Å². The molecule has 3 heterocycles. The van der Waals surface area contributed by atoms with Crippen LogP contribution in [0.3, 0.4) is 0 Å². The Bertz CT molecular complexity index is 1270. The summed E-state index contributed by atoms with van der Waals surface area (Å²) in [5.41, 5.74) is 0.0345. The standard InChI is InChI=1S/C17H8Br2N4O4/c18-9-7-13(22(8-9)15-12(23(25)26)5-2-6-20-15)16-21-11-4-1-3-10(19)14(11)17(24)27-16/h1-8H. The van der Waals surface area contributed by atoms with Gasteiger partial charge < -0.3 is 4.42 Å². The van der Waals surface area contributed by atoms with Crippen LogP contribution in [0.1, 0.15) is 0 Å². The highest BCUT2D eigenvalue weighted by Gasteiger charge is 2.22. The molecule has 0 saturated carbocycles. The average Bonchev–Trinajstić information content (AvgIpc) is 3.03. The summed E-state index contributed by atoms with van der Waals surface area (Å²) in [4.78, 5) is 31.8. The molecule has 0 atom stereocenters. The second-order valence-electron chi connectivity index (χ2n) is 5.46. The number of hydrogen-bond acceptors (Lipinski definition) is 6. The Hall–Kier alpha value is -2.85. The van der Waals surface area contributed by atoms with Crippen LogP contribution in [0.15, 0.2) is 66.9 Å². The molecule has 0 radical (unpaired) electrons. The minimum Gasteiger partial charge on any atom is -0.401 e. The number of aromatic nitrogens is 3. The predicted molar refractivity (Wildman–Crippen MR) is 105 cm³/mol. The zero-order valence-electron chi connectivity index (χ0n) is 13.3. The van der Waals surface area contributed by atoms with Crippen molar-refractivity contribution in [2.24, 2.45) is 0 Å². The molecule has 0 unspecified atom stereocenters. The maximum Gasteiger partial charge on any atom is 0.348 e. The van der Waals surface area contributed by atoms with Crippen LogP contribution in [-0.4, -0.2) is 19.5 Å². The summed E-state index contributed by atoms with van der Waals surface area (Å²) in [7, 11) is 0. The largest absolute Gasteiger partial charge is 0.401 e. The topological polar surface area (TPSA) is 104 Å². The van der Waals surface area contributed by atoms with E-state index in [4.69, 9.17) is 4.42 Å². The highest BCUT2D eigenvalue weighted by atomic mass is 79.9. The van der Waals surface area contributed by atoms with Crippen LogP contribution in [0.25, 0.3) is 28.3 Å². The zero-order chi connectivity index (χ0) is 19.1. The van der Waals surface area contributed by atoms with Crippen molar-refractivity contribution in [3.63, 3.8) is 0 Å². The van der Waals surface area contributed by atoms with Crippen molar-refractivity contribution in [2.45, 2.75) is 0 Å². The van der Waals surface area contributed by atoms with Gasteiger partial charge in [-0.3, -0.25) is 14.7 Å². The lowest BCUT2D eigenvalue weighted by Gasteiger charge is -2.08. The molecule has 0 spiro atoms. The number of benzene rings is 1. The van der Waals surface area contributed by atoms with Crippen molar-refractivity contribution >= 4 is 48.5 Å². The zero-order valence-corrected chi connectivity index (χ0v) is 16.5. The van der Waals surface area contributed by atoms with Crippen LogP contribution in [0, 0.1) is 10.1 Å². The molecule has 134 valence electrons. The fourth-order valence-electron chi connectivity index (χ4n) is 2.68. The Balaban J connectivity index is 2.00. The number of fused-ring (bicyclic) bond motifs is 1. The molecule has 3 aromatic heterocycles. The highest BCUT2D eigenvalue weighted by Crippen LogP contribution is 2.31. The third-order valence-corrected chi connectivity index (χ3v) is 4.90. The van der Waals surface area contributed by atoms with E-state index >= 15 is 0 Å². The molecular formula is C17H8Br2N4O4. The van der Waals surface area contributed by atoms with Crippen molar-refractivity contribution in [1.29, 1.82) is 0 Å². The Kier molecular flexibility index (Phi) is 4.36. The molecule has 4 aromatic rings. The van der Waals surface area contributed by atoms with Gasteiger partial charge in [0.15, 0.2) is 0 Å². The average molecular weight is 492 g/mol. The molecule has 0 aliphatic carbocycles. The number of rotatable bonds is 3. The predicted octanol–water partition coefficient (Wildman–Crippen LogP) is 4.47. The van der Waals surface area contributed by atoms with Gasteiger partial charge >= 0.3 is 11.3 Å². The fraction of sp³-hybridized carbons (Fsp3) is 0. The van der Waals surface area contributed by atoms with E-state index in [2.05, 4.69) is 41.8 Å². The van der Waals surface area contributed by atoms with E-state index in [1.54, 1.807) is 30.5 Å². The van der Waals surface area contributed by atoms with Crippen molar-refractivity contribution in [2.75, 3.05) is 0 Å². The molecule has 0 bridgehead atoms. The van der Waals surface area contributed by atoms with Crippen molar-refractivity contribution < 1.29 is 9.34 Å². The molecule has 0 amide bonds. The van der Waals surface area contributed by atoms with Crippen LogP contribution in [0.2, 0.25) is 0 Å². The second kappa shape index (κ2) is 6.71. The van der Waals surface area contributed by atoms with Gasteiger partial charge in [-0.15, -0.1) is 0 Å². The van der Waals surface area contributed by atoms with E-state index in [1.807, 2.05) is 0 Å². The van der Waals surface area contributed by atoms with Gasteiger partial charge in [0.05, 0.1) is 10.4 Å². The lowest BCUT2D eigenvalue weighted by Crippen LogP contribution is -2.07. The van der Waals surface area contributed by atoms with Gasteiger partial charge in [-0.05, 0) is 56.1 Å². The van der Waals surface area contributed by atoms with Gasteiger partial charge in [-0.1, -0.05) is 6.07 Å². The first-order valence-corrected chi connectivity index (χ1v) is 9.11. The normalized spacial score (nSPS) is 11.0. The molecule has 10 heteroatoms. The SMILES string of the molecule is O=c1oc(-c2cc(Br)cn2-c2ncccc2[N+](=O)[O-])nc2cccc(Br)c12. The van der Waals surface area contributed by atoms with Crippen molar-refractivity contribution in [3.05, 3.63) is 78.3 Å². The van der Waals surface area contributed by atoms with Crippen LogP contribution in [0.5, 0.6) is 0 Å². The summed E-state index contributed by atoms with van der Waals surface area (Å²) in [6, 6.07) is 9.63. The van der Waals surface area contributed by atoms with E-state index in [1.165, 1.54) is 22.9 Å². The van der Waals surface area contributed by atoms with E-state index in [9.17, 15) is 14.9 Å². The molecule has 0 aliphatic heterocycles. The first-order valence-electron chi connectivity index (χ1n) is 7.53. The number of nitrogens with zero attached hydrogens (tertiary/aromatic N) is 4. The molecule has 0 fully saturated rings. The minimum atomic E-state index is -0.568. The van der Waals surface area contributed by atoms with Gasteiger partial charge in [-0.25, -0.2) is 14.8 Å². The van der Waals surface area contributed by atoms with Gasteiger partial charge in [-0.2, -0.15) is 0 Å². The third-order valence-electron chi connectivity index (χ3n) is 3.80. The Morgan fingerprint density at radius 1 is 1.19 bits per heavy atom. The van der Waals surface area contributed by atoms with Crippen LogP contribution < -0.4 is 5.63 Å². The van der Waals surface area contributed by atoms with E-state index < -0.39 is 10.5 Å². The quantitative estimate of drug-likeness (QED) is 0.309. The number of hydrogen-bond donors (Lipinski definition) is 0. The minimum absolute atomic E-state index is 0.0243. The number of nitro groups is 1. The molecule has 0 N–H and O–H groups in total. The van der Waals surface area contributed by atoms with Gasteiger partial charge in [0.2, 0.25) is 11.7 Å². The highest BCUT2D eigenvalue weighted by molar-refractivity contribution is 9.11. The molecule has 0 aliphatic rings. The van der Waals surface area contributed by atoms with E-state index in [-0.39, 0.29) is 17.4 Å². The maximum absolute atomic E-state index is 12.4. The van der Waals surface area contributed by atoms with Crippen LogP contribution in [0.4, 0.5) is 5.69 Å². The Morgan fingerprint density at radius 3 is 2.78 bits per heavy atom. The van der Waals surface area contributed by atoms with E-state index in [0.29, 0.717) is 25.5 Å². The van der Waals surface area contributed by atoms with Crippen molar-refractivity contribution in [3.8, 4) is 17.4 Å². The summed E-state index contributed by atoms with van der Waals surface area (Å²) in [5.74, 6) is 0.109. The smallest absolute Gasteiger partial charge is 0.348 e. The number of pyridine rings is 1. The number of halogens is 2. The van der Waals surface area contributed by atoms with Gasteiger partial charge in [0.25, 0.3) is 0 Å². The van der Waals surface area contributed by atoms with Crippen LogP contribution in [-0.2, 0) is 0 Å². The molecule has 8 nitrogen and oxygen atoms in total. The molecule has 0 saturated heterocycles. The summed E-state index contributed by atoms with van der Waals surface area (Å²) >= 11 is 6.66. The summed E-state index contributed by atoms with van der Waals surface area (Å²) in [5, 5.41) is 11.7. The first-order chi connectivity index (χ1) is 13.0. The Morgan fingerprint density at radius 2 is 2.00 bits per heavy atom. The second-order valence-corrected chi connectivity index (χ2v) is 7.23. The maximum atomic E-state index is 12.4. The molecule has 1 aromatic carbocycles. The lowest BCUT2D eigenvalue weighted by atomic mass is 10.2.